The van der Waals surface area contributed by atoms with Gasteiger partial charge in [-0.3, -0.25) is 14.5 Å². The Kier molecular flexibility index (Phi) is 5.32. The fraction of sp³-hybridized carbons (Fsp3) is 0.444. The van der Waals surface area contributed by atoms with Crippen molar-refractivity contribution in [1.82, 2.24) is 4.90 Å². The van der Waals surface area contributed by atoms with Crippen LogP contribution in [0, 0.1) is 0 Å². The lowest BCUT2D eigenvalue weighted by Crippen LogP contribution is -2.32. The molecule has 0 saturated heterocycles. The third-order valence-electron chi connectivity index (χ3n) is 3.84. The van der Waals surface area contributed by atoms with Gasteiger partial charge in [0.15, 0.2) is 0 Å². The topological polar surface area (TPSA) is 37.4 Å². The molecule has 1 aliphatic heterocycles. The Labute approximate surface area is 126 Å². The van der Waals surface area contributed by atoms with Gasteiger partial charge in [-0.25, -0.2) is 0 Å². The summed E-state index contributed by atoms with van der Waals surface area (Å²) in [5, 5.41) is 0. The van der Waals surface area contributed by atoms with Gasteiger partial charge >= 0.3 is 0 Å². The molecule has 2 rings (SSSR count). The van der Waals surface area contributed by atoms with E-state index in [0.29, 0.717) is 24.1 Å². The maximum atomic E-state index is 12.6. The number of rotatable bonds is 7. The van der Waals surface area contributed by atoms with Gasteiger partial charge in [-0.05, 0) is 24.8 Å². The second kappa shape index (κ2) is 7.21. The van der Waals surface area contributed by atoms with Gasteiger partial charge in [-0.1, -0.05) is 57.0 Å². The van der Waals surface area contributed by atoms with E-state index in [1.165, 1.54) is 4.90 Å². The van der Waals surface area contributed by atoms with E-state index in [4.69, 9.17) is 0 Å². The van der Waals surface area contributed by atoms with Crippen LogP contribution in [0.4, 0.5) is 0 Å². The van der Waals surface area contributed by atoms with E-state index in [2.05, 4.69) is 13.8 Å². The molecule has 112 valence electrons. The van der Waals surface area contributed by atoms with Crippen LogP contribution in [0.25, 0.3) is 5.57 Å². The summed E-state index contributed by atoms with van der Waals surface area (Å²) in [5.74, 6) is -0.202. The van der Waals surface area contributed by atoms with Crippen LogP contribution in [-0.4, -0.2) is 23.3 Å². The summed E-state index contributed by atoms with van der Waals surface area (Å²) in [4.78, 5) is 26.6. The van der Waals surface area contributed by atoms with E-state index < -0.39 is 0 Å². The van der Waals surface area contributed by atoms with Crippen molar-refractivity contribution in [3.8, 4) is 0 Å². The molecule has 0 radical (unpaired) electrons. The first-order valence-corrected chi connectivity index (χ1v) is 7.85. The molecule has 0 aromatic heterocycles. The minimum absolute atomic E-state index is 0.0826. The van der Waals surface area contributed by atoms with Gasteiger partial charge in [0, 0.05) is 12.1 Å². The number of hydrogen-bond donors (Lipinski definition) is 0. The van der Waals surface area contributed by atoms with Crippen LogP contribution < -0.4 is 0 Å². The maximum Gasteiger partial charge on any atom is 0.261 e. The molecule has 1 aromatic rings. The van der Waals surface area contributed by atoms with Gasteiger partial charge in [0.2, 0.25) is 0 Å². The number of unbranched alkanes of at least 4 members (excludes halogenated alkanes) is 2. The predicted octanol–water partition coefficient (Wildman–Crippen LogP) is 3.80. The lowest BCUT2D eigenvalue weighted by Gasteiger charge is -2.14. The van der Waals surface area contributed by atoms with Gasteiger partial charge in [0.1, 0.15) is 0 Å². The van der Waals surface area contributed by atoms with Gasteiger partial charge in [-0.15, -0.1) is 0 Å². The molecule has 0 bridgehead atoms. The zero-order valence-electron chi connectivity index (χ0n) is 12.9. The zero-order valence-corrected chi connectivity index (χ0v) is 12.9. The van der Waals surface area contributed by atoms with Gasteiger partial charge < -0.3 is 0 Å². The van der Waals surface area contributed by atoms with Crippen LogP contribution >= 0.6 is 0 Å². The summed E-state index contributed by atoms with van der Waals surface area (Å²) >= 11 is 0. The van der Waals surface area contributed by atoms with E-state index in [-0.39, 0.29) is 11.8 Å². The molecule has 0 saturated carbocycles. The molecule has 3 heteroatoms. The molecule has 3 nitrogen and oxygen atoms in total. The van der Waals surface area contributed by atoms with Gasteiger partial charge in [0.25, 0.3) is 11.8 Å². The highest BCUT2D eigenvalue weighted by molar-refractivity contribution is 6.35. The van der Waals surface area contributed by atoms with Crippen molar-refractivity contribution in [3.63, 3.8) is 0 Å². The average Bonchev–Trinajstić information content (AvgIpc) is 2.74. The first-order valence-electron chi connectivity index (χ1n) is 7.85. The Morgan fingerprint density at radius 3 is 2.19 bits per heavy atom. The smallest absolute Gasteiger partial charge is 0.261 e. The summed E-state index contributed by atoms with van der Waals surface area (Å²) in [6, 6.07) is 9.57. The number of carbonyl (C=O) groups excluding carboxylic acids is 2. The van der Waals surface area contributed by atoms with E-state index in [9.17, 15) is 9.59 Å². The Morgan fingerprint density at radius 2 is 1.57 bits per heavy atom. The molecule has 0 unspecified atom stereocenters. The van der Waals surface area contributed by atoms with Crippen molar-refractivity contribution in [1.29, 1.82) is 0 Å². The first-order chi connectivity index (χ1) is 10.2. The molecule has 1 heterocycles. The molecule has 1 aliphatic rings. The number of hydrogen-bond acceptors (Lipinski definition) is 2. The molecule has 0 N–H and O–H groups in total. The van der Waals surface area contributed by atoms with Crippen LogP contribution in [0.5, 0.6) is 0 Å². The molecule has 0 atom stereocenters. The normalized spacial score (nSPS) is 15.2. The molecule has 0 fully saturated rings. The van der Waals surface area contributed by atoms with E-state index >= 15 is 0 Å². The fourth-order valence-corrected chi connectivity index (χ4v) is 2.63. The Hall–Kier alpha value is -1.90. The van der Waals surface area contributed by atoms with E-state index in [1.54, 1.807) is 0 Å². The zero-order chi connectivity index (χ0) is 15.2. The van der Waals surface area contributed by atoms with E-state index in [0.717, 1.165) is 31.2 Å². The number of benzene rings is 1. The highest BCUT2D eigenvalue weighted by atomic mass is 16.2. The van der Waals surface area contributed by atoms with Crippen molar-refractivity contribution in [2.24, 2.45) is 0 Å². The SMILES string of the molecule is CCCCC1=C(c2ccccc2)C(=O)N(CCCC)C1=O. The van der Waals surface area contributed by atoms with Crippen molar-refractivity contribution >= 4 is 17.4 Å². The lowest BCUT2D eigenvalue weighted by atomic mass is 9.98. The average molecular weight is 285 g/mol. The molecule has 1 aromatic carbocycles. The van der Waals surface area contributed by atoms with Crippen molar-refractivity contribution in [2.75, 3.05) is 6.54 Å². The van der Waals surface area contributed by atoms with Crippen LogP contribution in [0.1, 0.15) is 51.5 Å². The van der Waals surface area contributed by atoms with Crippen molar-refractivity contribution < 1.29 is 9.59 Å². The Bertz CT molecular complexity index is 546. The minimum Gasteiger partial charge on any atom is -0.275 e. The summed E-state index contributed by atoms with van der Waals surface area (Å²) < 4.78 is 0. The van der Waals surface area contributed by atoms with Crippen molar-refractivity contribution in [3.05, 3.63) is 41.5 Å². The minimum atomic E-state index is -0.120. The quantitative estimate of drug-likeness (QED) is 0.715. The van der Waals surface area contributed by atoms with Crippen LogP contribution in [-0.2, 0) is 9.59 Å². The first kappa shape index (κ1) is 15.5. The fourth-order valence-electron chi connectivity index (χ4n) is 2.63. The Balaban J connectivity index is 2.36. The summed E-state index contributed by atoms with van der Waals surface area (Å²) in [7, 11) is 0. The van der Waals surface area contributed by atoms with Crippen LogP contribution in [0.2, 0.25) is 0 Å². The highest BCUT2D eigenvalue weighted by Crippen LogP contribution is 2.32. The van der Waals surface area contributed by atoms with Gasteiger partial charge in [0.05, 0.1) is 5.57 Å². The summed E-state index contributed by atoms with van der Waals surface area (Å²) in [6.45, 7) is 4.69. The molecule has 0 aliphatic carbocycles. The summed E-state index contributed by atoms with van der Waals surface area (Å²) in [5.41, 5.74) is 2.18. The maximum absolute atomic E-state index is 12.6. The molecular formula is C18H23NO2. The van der Waals surface area contributed by atoms with E-state index in [1.807, 2.05) is 30.3 Å². The Morgan fingerprint density at radius 1 is 0.905 bits per heavy atom. The predicted molar refractivity (Wildman–Crippen MR) is 84.5 cm³/mol. The monoisotopic (exact) mass is 285 g/mol. The third-order valence-corrected chi connectivity index (χ3v) is 3.84. The van der Waals surface area contributed by atoms with Gasteiger partial charge in [-0.2, -0.15) is 0 Å². The highest BCUT2D eigenvalue weighted by Gasteiger charge is 2.37. The summed E-state index contributed by atoms with van der Waals surface area (Å²) in [6.07, 6.45) is 4.48. The molecule has 0 spiro atoms. The molecular weight excluding hydrogens is 262 g/mol. The second-order valence-corrected chi connectivity index (χ2v) is 5.44. The number of carbonyl (C=O) groups is 2. The third kappa shape index (κ3) is 3.23. The second-order valence-electron chi connectivity index (χ2n) is 5.44. The number of nitrogens with zero attached hydrogens (tertiary/aromatic N) is 1. The van der Waals surface area contributed by atoms with Crippen LogP contribution in [0.3, 0.4) is 0 Å². The van der Waals surface area contributed by atoms with Crippen molar-refractivity contribution in [2.45, 2.75) is 46.0 Å². The lowest BCUT2D eigenvalue weighted by molar-refractivity contribution is -0.137. The number of imide groups is 1. The number of amides is 2. The van der Waals surface area contributed by atoms with Crippen LogP contribution in [0.15, 0.2) is 35.9 Å². The molecule has 21 heavy (non-hydrogen) atoms. The standard InChI is InChI=1S/C18H23NO2/c1-3-5-12-15-16(14-10-8-7-9-11-14)18(21)19(17(15)20)13-6-4-2/h7-11H,3-6,12-13H2,1-2H3. The largest absolute Gasteiger partial charge is 0.275 e. The molecule has 2 amide bonds.